The third-order valence-electron chi connectivity index (χ3n) is 3.10. The van der Waals surface area contributed by atoms with E-state index in [1.54, 1.807) is 14.2 Å². The first-order chi connectivity index (χ1) is 8.33. The van der Waals surface area contributed by atoms with Crippen molar-refractivity contribution >= 4 is 0 Å². The summed E-state index contributed by atoms with van der Waals surface area (Å²) in [6.45, 7) is 3.05. The number of hydrogen-bond donors (Lipinski definition) is 2. The largest absolute Gasteiger partial charge is 0.493 e. The van der Waals surface area contributed by atoms with E-state index in [-0.39, 0.29) is 0 Å². The van der Waals surface area contributed by atoms with Crippen molar-refractivity contribution in [3.05, 3.63) is 23.8 Å². The maximum Gasteiger partial charge on any atom is 0.161 e. The Morgan fingerprint density at radius 2 is 2.12 bits per heavy atom. The SMILES string of the molecule is COc1ccc(CNC2CCNC2)cc1OC. The van der Waals surface area contributed by atoms with Crippen LogP contribution in [-0.4, -0.2) is 33.4 Å². The molecule has 0 spiro atoms. The molecular weight excluding hydrogens is 216 g/mol. The molecule has 1 unspecified atom stereocenters. The highest BCUT2D eigenvalue weighted by Gasteiger charge is 2.13. The lowest BCUT2D eigenvalue weighted by atomic mass is 10.2. The van der Waals surface area contributed by atoms with Gasteiger partial charge in [-0.3, -0.25) is 0 Å². The molecule has 1 aliphatic rings. The van der Waals surface area contributed by atoms with Gasteiger partial charge in [-0.05, 0) is 30.7 Å². The van der Waals surface area contributed by atoms with E-state index in [0.29, 0.717) is 6.04 Å². The van der Waals surface area contributed by atoms with Crippen LogP contribution in [0.4, 0.5) is 0 Å². The fraction of sp³-hybridized carbons (Fsp3) is 0.538. The first kappa shape index (κ1) is 12.2. The Balaban J connectivity index is 1.95. The third-order valence-corrected chi connectivity index (χ3v) is 3.10. The van der Waals surface area contributed by atoms with Crippen LogP contribution < -0.4 is 20.1 Å². The molecule has 2 rings (SSSR count). The van der Waals surface area contributed by atoms with Gasteiger partial charge in [-0.15, -0.1) is 0 Å². The van der Waals surface area contributed by atoms with Crippen LogP contribution in [0, 0.1) is 0 Å². The van der Waals surface area contributed by atoms with Crippen LogP contribution in [0.2, 0.25) is 0 Å². The second-order valence-electron chi connectivity index (χ2n) is 4.26. The van der Waals surface area contributed by atoms with Crippen LogP contribution in [0.3, 0.4) is 0 Å². The van der Waals surface area contributed by atoms with Crippen molar-refractivity contribution in [2.45, 2.75) is 19.0 Å². The maximum absolute atomic E-state index is 5.28. The molecule has 0 bridgehead atoms. The van der Waals surface area contributed by atoms with Gasteiger partial charge in [0, 0.05) is 19.1 Å². The van der Waals surface area contributed by atoms with E-state index in [1.807, 2.05) is 12.1 Å². The predicted molar refractivity (Wildman–Crippen MR) is 67.7 cm³/mol. The molecule has 1 aromatic rings. The number of nitrogens with one attached hydrogen (secondary N) is 2. The molecule has 1 saturated heterocycles. The van der Waals surface area contributed by atoms with Crippen LogP contribution >= 0.6 is 0 Å². The molecule has 2 N–H and O–H groups in total. The van der Waals surface area contributed by atoms with Gasteiger partial charge in [-0.25, -0.2) is 0 Å². The highest BCUT2D eigenvalue weighted by Crippen LogP contribution is 2.27. The fourth-order valence-corrected chi connectivity index (χ4v) is 2.08. The summed E-state index contributed by atoms with van der Waals surface area (Å²) >= 11 is 0. The van der Waals surface area contributed by atoms with E-state index in [4.69, 9.17) is 9.47 Å². The summed E-state index contributed by atoms with van der Waals surface area (Å²) in [4.78, 5) is 0. The van der Waals surface area contributed by atoms with Crippen LogP contribution in [0.25, 0.3) is 0 Å². The Morgan fingerprint density at radius 1 is 1.29 bits per heavy atom. The van der Waals surface area contributed by atoms with E-state index in [0.717, 1.165) is 31.1 Å². The zero-order chi connectivity index (χ0) is 12.1. The summed E-state index contributed by atoms with van der Waals surface area (Å²) in [7, 11) is 3.32. The number of ether oxygens (including phenoxy) is 2. The summed E-state index contributed by atoms with van der Waals surface area (Å²) in [5.41, 5.74) is 1.22. The van der Waals surface area contributed by atoms with E-state index in [9.17, 15) is 0 Å². The molecule has 0 saturated carbocycles. The van der Waals surface area contributed by atoms with Crippen molar-refractivity contribution in [3.8, 4) is 11.5 Å². The smallest absolute Gasteiger partial charge is 0.161 e. The molecule has 94 valence electrons. The summed E-state index contributed by atoms with van der Waals surface area (Å²) in [6, 6.07) is 6.62. The summed E-state index contributed by atoms with van der Waals surface area (Å²) in [6.07, 6.45) is 1.20. The second-order valence-corrected chi connectivity index (χ2v) is 4.26. The first-order valence-corrected chi connectivity index (χ1v) is 5.98. The standard InChI is InChI=1S/C13H20N2O2/c1-16-12-4-3-10(7-13(12)17-2)8-15-11-5-6-14-9-11/h3-4,7,11,14-15H,5-6,8-9H2,1-2H3. The quantitative estimate of drug-likeness (QED) is 0.805. The van der Waals surface area contributed by atoms with Gasteiger partial charge in [0.1, 0.15) is 0 Å². The lowest BCUT2D eigenvalue weighted by Gasteiger charge is -2.13. The molecular formula is C13H20N2O2. The number of benzene rings is 1. The number of methoxy groups -OCH3 is 2. The molecule has 1 heterocycles. The highest BCUT2D eigenvalue weighted by molar-refractivity contribution is 5.42. The van der Waals surface area contributed by atoms with Crippen molar-refractivity contribution in [3.63, 3.8) is 0 Å². The minimum Gasteiger partial charge on any atom is -0.493 e. The van der Waals surface area contributed by atoms with Gasteiger partial charge in [-0.1, -0.05) is 6.07 Å². The molecule has 0 aliphatic carbocycles. The zero-order valence-corrected chi connectivity index (χ0v) is 10.5. The van der Waals surface area contributed by atoms with E-state index in [1.165, 1.54) is 12.0 Å². The van der Waals surface area contributed by atoms with Crippen LogP contribution in [0.15, 0.2) is 18.2 Å². The lowest BCUT2D eigenvalue weighted by Crippen LogP contribution is -2.30. The van der Waals surface area contributed by atoms with E-state index in [2.05, 4.69) is 16.7 Å². The van der Waals surface area contributed by atoms with Crippen molar-refractivity contribution in [1.82, 2.24) is 10.6 Å². The first-order valence-electron chi connectivity index (χ1n) is 5.98. The van der Waals surface area contributed by atoms with Crippen molar-refractivity contribution < 1.29 is 9.47 Å². The van der Waals surface area contributed by atoms with Gasteiger partial charge >= 0.3 is 0 Å². The molecule has 0 aromatic heterocycles. The topological polar surface area (TPSA) is 42.5 Å². The normalized spacial score (nSPS) is 19.3. The molecule has 1 aliphatic heterocycles. The monoisotopic (exact) mass is 236 g/mol. The second kappa shape index (κ2) is 5.89. The van der Waals surface area contributed by atoms with E-state index < -0.39 is 0 Å². The minimum atomic E-state index is 0.586. The van der Waals surface area contributed by atoms with Gasteiger partial charge in [0.15, 0.2) is 11.5 Å². The van der Waals surface area contributed by atoms with Gasteiger partial charge in [0.2, 0.25) is 0 Å². The van der Waals surface area contributed by atoms with Gasteiger partial charge < -0.3 is 20.1 Å². The summed E-state index contributed by atoms with van der Waals surface area (Å²) < 4.78 is 10.5. The maximum atomic E-state index is 5.28. The van der Waals surface area contributed by atoms with Gasteiger partial charge in [0.25, 0.3) is 0 Å². The van der Waals surface area contributed by atoms with Gasteiger partial charge in [0.05, 0.1) is 14.2 Å². The Morgan fingerprint density at radius 3 is 2.76 bits per heavy atom. The van der Waals surface area contributed by atoms with Crippen LogP contribution in [0.5, 0.6) is 11.5 Å². The molecule has 17 heavy (non-hydrogen) atoms. The summed E-state index contributed by atoms with van der Waals surface area (Å²) in [5.74, 6) is 1.56. The molecule has 4 nitrogen and oxygen atoms in total. The van der Waals surface area contributed by atoms with Crippen molar-refractivity contribution in [2.24, 2.45) is 0 Å². The van der Waals surface area contributed by atoms with Crippen LogP contribution in [-0.2, 0) is 6.54 Å². The molecule has 1 aromatic carbocycles. The Kier molecular flexibility index (Phi) is 4.23. The Bertz CT molecular complexity index is 362. The van der Waals surface area contributed by atoms with Crippen molar-refractivity contribution in [2.75, 3.05) is 27.3 Å². The number of rotatable bonds is 5. The molecule has 1 fully saturated rings. The van der Waals surface area contributed by atoms with Crippen LogP contribution in [0.1, 0.15) is 12.0 Å². The fourth-order valence-electron chi connectivity index (χ4n) is 2.08. The Hall–Kier alpha value is -1.26. The number of hydrogen-bond acceptors (Lipinski definition) is 4. The lowest BCUT2D eigenvalue weighted by molar-refractivity contribution is 0.354. The molecule has 0 radical (unpaired) electrons. The molecule has 4 heteroatoms. The van der Waals surface area contributed by atoms with Gasteiger partial charge in [-0.2, -0.15) is 0 Å². The highest BCUT2D eigenvalue weighted by atomic mass is 16.5. The minimum absolute atomic E-state index is 0.586. The molecule has 0 amide bonds. The van der Waals surface area contributed by atoms with E-state index >= 15 is 0 Å². The average molecular weight is 236 g/mol. The third kappa shape index (κ3) is 3.11. The predicted octanol–water partition coefficient (Wildman–Crippen LogP) is 1.16. The zero-order valence-electron chi connectivity index (χ0n) is 10.5. The Labute approximate surface area is 102 Å². The van der Waals surface area contributed by atoms with Crippen molar-refractivity contribution in [1.29, 1.82) is 0 Å². The average Bonchev–Trinajstić information content (AvgIpc) is 2.89. The summed E-state index contributed by atoms with van der Waals surface area (Å²) in [5, 5.41) is 6.87. The molecule has 1 atom stereocenters.